The van der Waals surface area contributed by atoms with Gasteiger partial charge in [0.15, 0.2) is 6.29 Å². The van der Waals surface area contributed by atoms with Crippen LogP contribution in [-0.4, -0.2) is 100 Å². The Bertz CT molecular complexity index is 1430. The fourth-order valence-corrected chi connectivity index (χ4v) is 8.67. The zero-order valence-electron chi connectivity index (χ0n) is 45.6. The molecule has 1 rings (SSSR count). The van der Waals surface area contributed by atoms with Gasteiger partial charge in [0.25, 0.3) is 0 Å². The molecular weight excluding hydrogens is 907 g/mol. The van der Waals surface area contributed by atoms with Crippen molar-refractivity contribution in [1.82, 2.24) is 5.32 Å². The Balaban J connectivity index is 2.04. The van der Waals surface area contributed by atoms with Gasteiger partial charge < -0.3 is 45.1 Å². The highest BCUT2D eigenvalue weighted by Crippen LogP contribution is 2.23. The van der Waals surface area contributed by atoms with Crippen molar-refractivity contribution in [2.45, 2.75) is 281 Å². The van der Waals surface area contributed by atoms with Crippen LogP contribution >= 0.6 is 0 Å². The maximum Gasteiger partial charge on any atom is 0.305 e. The van der Waals surface area contributed by atoms with Gasteiger partial charge in [-0.2, -0.15) is 0 Å². The predicted octanol–water partition coefficient (Wildman–Crippen LogP) is 13.2. The van der Waals surface area contributed by atoms with Crippen LogP contribution in [0.15, 0.2) is 72.9 Å². The van der Waals surface area contributed by atoms with Crippen molar-refractivity contribution >= 4 is 11.9 Å². The molecule has 7 unspecified atom stereocenters. The number of amides is 1. The first-order chi connectivity index (χ1) is 35.2. The molecule has 0 saturated carbocycles. The Labute approximate surface area is 439 Å². The average Bonchev–Trinajstić information content (AvgIpc) is 3.38. The standard InChI is InChI=1S/C61H107NO10/c1-3-5-7-9-11-13-14-15-16-19-23-26-29-33-37-41-45-49-57(66)70-50-46-42-38-34-30-27-24-21-18-17-20-22-25-28-32-36-40-44-48-56(65)62-53(54(64)47-43-39-35-31-12-10-8-6-4-2)52-71-61-60(69)59(68)58(67)55(51-63)72-61/h4,6,11-13,15-16,20,22,31,43,47,53-55,58-61,63-64,67-69H,3,5,7-10,14,17-19,21,23-30,32-42,44-46,48-52H2,1-2H3,(H,62,65)/b6-4+,13-11-,16-15-,22-20-,31-12+,47-43+. The normalized spacial score (nSPS) is 19.6. The number of hydrogen-bond donors (Lipinski definition) is 6. The van der Waals surface area contributed by atoms with E-state index in [1.54, 1.807) is 6.08 Å². The Morgan fingerprint density at radius 3 is 1.54 bits per heavy atom. The van der Waals surface area contributed by atoms with Gasteiger partial charge in [0.1, 0.15) is 24.4 Å². The molecule has 1 aliphatic rings. The summed E-state index contributed by atoms with van der Waals surface area (Å²) in [6, 6.07) is -0.845. The quantitative estimate of drug-likeness (QED) is 0.0195. The minimum atomic E-state index is -1.59. The van der Waals surface area contributed by atoms with Gasteiger partial charge in [-0.1, -0.05) is 189 Å². The van der Waals surface area contributed by atoms with Gasteiger partial charge in [-0.05, 0) is 110 Å². The summed E-state index contributed by atoms with van der Waals surface area (Å²) in [4.78, 5) is 25.1. The molecule has 1 saturated heterocycles. The Morgan fingerprint density at radius 1 is 0.542 bits per heavy atom. The number of allylic oxidation sites excluding steroid dienone is 11. The average molecular weight is 1010 g/mol. The van der Waals surface area contributed by atoms with Crippen molar-refractivity contribution < 1.29 is 49.3 Å². The van der Waals surface area contributed by atoms with Gasteiger partial charge in [-0.15, -0.1) is 0 Å². The third-order valence-electron chi connectivity index (χ3n) is 13.3. The molecule has 0 aromatic rings. The lowest BCUT2D eigenvalue weighted by Gasteiger charge is -2.40. The van der Waals surface area contributed by atoms with Crippen LogP contribution in [0.5, 0.6) is 0 Å². The summed E-state index contributed by atoms with van der Waals surface area (Å²) in [6.45, 7) is 4.02. The first-order valence-electron chi connectivity index (χ1n) is 29.2. The van der Waals surface area contributed by atoms with Crippen LogP contribution in [0, 0.1) is 0 Å². The molecule has 6 N–H and O–H groups in total. The molecule has 1 amide bonds. The Morgan fingerprint density at radius 2 is 1.00 bits per heavy atom. The van der Waals surface area contributed by atoms with Crippen LogP contribution in [-0.2, 0) is 23.8 Å². The third-order valence-corrected chi connectivity index (χ3v) is 13.3. The SMILES string of the molecule is C/C=C/CC/C=C/CC/C=C/C(O)C(COC1OC(CO)C(O)C(O)C1O)NC(=O)CCCCCCC/C=C\CCCCCCCCCCCOC(=O)CCCCCCCCC/C=C\C/C=C\CCCCC. The van der Waals surface area contributed by atoms with E-state index in [1.807, 2.05) is 19.1 Å². The van der Waals surface area contributed by atoms with Crippen LogP contribution in [0.25, 0.3) is 0 Å². The zero-order chi connectivity index (χ0) is 52.4. The van der Waals surface area contributed by atoms with Crippen molar-refractivity contribution in [1.29, 1.82) is 0 Å². The number of nitrogens with one attached hydrogen (secondary N) is 1. The molecule has 0 aromatic carbocycles. The largest absolute Gasteiger partial charge is 0.466 e. The number of aliphatic hydroxyl groups is 5. The molecular formula is C61H107NO10. The molecule has 416 valence electrons. The number of hydrogen-bond acceptors (Lipinski definition) is 10. The second-order valence-electron chi connectivity index (χ2n) is 20.0. The second kappa shape index (κ2) is 50.3. The molecule has 1 aliphatic heterocycles. The zero-order valence-corrected chi connectivity index (χ0v) is 45.6. The van der Waals surface area contributed by atoms with Crippen molar-refractivity contribution in [3.05, 3.63) is 72.9 Å². The van der Waals surface area contributed by atoms with Gasteiger partial charge >= 0.3 is 5.97 Å². The summed E-state index contributed by atoms with van der Waals surface area (Å²) < 4.78 is 16.6. The van der Waals surface area contributed by atoms with E-state index < -0.39 is 49.5 Å². The molecule has 0 aromatic heterocycles. The summed E-state index contributed by atoms with van der Waals surface area (Å²) in [5.74, 6) is -0.239. The lowest BCUT2D eigenvalue weighted by atomic mass is 9.99. The smallest absolute Gasteiger partial charge is 0.305 e. The first-order valence-corrected chi connectivity index (χ1v) is 29.2. The van der Waals surface area contributed by atoms with Crippen LogP contribution in [0.1, 0.15) is 239 Å². The van der Waals surface area contributed by atoms with E-state index in [0.29, 0.717) is 25.9 Å². The number of aliphatic hydroxyl groups excluding tert-OH is 5. The Hall–Kier alpha value is -2.90. The minimum Gasteiger partial charge on any atom is -0.466 e. The molecule has 11 heteroatoms. The van der Waals surface area contributed by atoms with E-state index in [4.69, 9.17) is 14.2 Å². The second-order valence-corrected chi connectivity index (χ2v) is 20.0. The lowest BCUT2D eigenvalue weighted by molar-refractivity contribution is -0.302. The van der Waals surface area contributed by atoms with Crippen LogP contribution in [0.4, 0.5) is 0 Å². The third kappa shape index (κ3) is 39.5. The predicted molar refractivity (Wildman–Crippen MR) is 296 cm³/mol. The van der Waals surface area contributed by atoms with Crippen LogP contribution in [0.2, 0.25) is 0 Å². The highest BCUT2D eigenvalue weighted by Gasteiger charge is 2.44. The Kier molecular flexibility index (Phi) is 46.9. The van der Waals surface area contributed by atoms with Crippen molar-refractivity contribution in [2.24, 2.45) is 0 Å². The van der Waals surface area contributed by atoms with E-state index in [9.17, 15) is 35.1 Å². The van der Waals surface area contributed by atoms with E-state index >= 15 is 0 Å². The summed E-state index contributed by atoms with van der Waals surface area (Å²) in [5, 5.41) is 54.1. The number of carbonyl (C=O) groups is 2. The molecule has 1 fully saturated rings. The van der Waals surface area contributed by atoms with Gasteiger partial charge in [-0.25, -0.2) is 0 Å². The highest BCUT2D eigenvalue weighted by molar-refractivity contribution is 5.76. The molecule has 0 radical (unpaired) electrons. The summed E-state index contributed by atoms with van der Waals surface area (Å²) in [7, 11) is 0. The maximum absolute atomic E-state index is 13.0. The highest BCUT2D eigenvalue weighted by atomic mass is 16.7. The fraction of sp³-hybridized carbons (Fsp3) is 0.770. The summed E-state index contributed by atoms with van der Waals surface area (Å²) >= 11 is 0. The summed E-state index contributed by atoms with van der Waals surface area (Å²) in [6.07, 6.45) is 55.9. The maximum atomic E-state index is 13.0. The van der Waals surface area contributed by atoms with Gasteiger partial charge in [0.05, 0.1) is 32.0 Å². The van der Waals surface area contributed by atoms with Gasteiger partial charge in [0, 0.05) is 12.8 Å². The van der Waals surface area contributed by atoms with E-state index in [0.717, 1.165) is 96.3 Å². The number of esters is 1. The summed E-state index contributed by atoms with van der Waals surface area (Å²) in [5.41, 5.74) is 0. The number of ether oxygens (including phenoxy) is 3. The van der Waals surface area contributed by atoms with E-state index in [-0.39, 0.29) is 18.5 Å². The van der Waals surface area contributed by atoms with E-state index in [1.165, 1.54) is 109 Å². The van der Waals surface area contributed by atoms with Crippen molar-refractivity contribution in [2.75, 3.05) is 19.8 Å². The van der Waals surface area contributed by atoms with E-state index in [2.05, 4.69) is 66.9 Å². The van der Waals surface area contributed by atoms with Crippen LogP contribution < -0.4 is 5.32 Å². The molecule has 11 nitrogen and oxygen atoms in total. The number of unbranched alkanes of at least 4 members (excludes halogenated alkanes) is 26. The number of carbonyl (C=O) groups excluding carboxylic acids is 2. The minimum absolute atomic E-state index is 0.0230. The van der Waals surface area contributed by atoms with Crippen LogP contribution in [0.3, 0.4) is 0 Å². The number of rotatable bonds is 49. The van der Waals surface area contributed by atoms with Gasteiger partial charge in [-0.3, -0.25) is 9.59 Å². The molecule has 0 bridgehead atoms. The first kappa shape index (κ1) is 67.1. The molecule has 0 aliphatic carbocycles. The van der Waals surface area contributed by atoms with Crippen molar-refractivity contribution in [3.63, 3.8) is 0 Å². The molecule has 7 atom stereocenters. The molecule has 0 spiro atoms. The van der Waals surface area contributed by atoms with Crippen molar-refractivity contribution in [3.8, 4) is 0 Å². The molecule has 72 heavy (non-hydrogen) atoms. The topological polar surface area (TPSA) is 175 Å². The fourth-order valence-electron chi connectivity index (χ4n) is 8.67. The lowest BCUT2D eigenvalue weighted by Crippen LogP contribution is -2.60. The van der Waals surface area contributed by atoms with Gasteiger partial charge in [0.2, 0.25) is 5.91 Å². The molecule has 1 heterocycles. The monoisotopic (exact) mass is 1010 g/mol.